The summed E-state index contributed by atoms with van der Waals surface area (Å²) in [7, 11) is 0. The van der Waals surface area contributed by atoms with E-state index in [0.29, 0.717) is 32.1 Å². The Hall–Kier alpha value is -3.15. The summed E-state index contributed by atoms with van der Waals surface area (Å²) in [5, 5.41) is 33.2. The zero-order valence-electron chi connectivity index (χ0n) is 18.9. The molecule has 2 aliphatic rings. The minimum atomic E-state index is -1.16. The Balaban J connectivity index is 1.92. The van der Waals surface area contributed by atoms with Crippen LogP contribution in [0.3, 0.4) is 0 Å². The zero-order chi connectivity index (χ0) is 24.6. The molecule has 3 amide bonds. The second-order valence-electron chi connectivity index (χ2n) is 9.38. The number of nitrogens with one attached hydrogen (secondary N) is 3. The fourth-order valence-electron chi connectivity index (χ4n) is 5.05. The maximum absolute atomic E-state index is 13.1. The van der Waals surface area contributed by atoms with Crippen molar-refractivity contribution in [1.82, 2.24) is 19.8 Å². The molecule has 3 rings (SSSR count). The molecule has 12 heteroatoms. The molecular formula is C21H32N6O6. The molecule has 1 saturated carbocycles. The lowest BCUT2D eigenvalue weighted by Crippen LogP contribution is -2.51. The van der Waals surface area contributed by atoms with Crippen LogP contribution in [0.1, 0.15) is 70.4 Å². The molecule has 0 unspecified atom stereocenters. The number of carbonyl (C=O) groups is 2. The van der Waals surface area contributed by atoms with Crippen molar-refractivity contribution in [3.05, 3.63) is 26.4 Å². The number of urea groups is 1. The highest BCUT2D eigenvalue weighted by molar-refractivity contribution is 6.06. The van der Waals surface area contributed by atoms with E-state index in [4.69, 9.17) is 11.1 Å². The number of aromatic hydroxyl groups is 1. The van der Waals surface area contributed by atoms with E-state index in [0.717, 1.165) is 15.6 Å². The number of aliphatic hydroxyl groups excluding tert-OH is 1. The topological polar surface area (TPSA) is 193 Å². The van der Waals surface area contributed by atoms with Crippen LogP contribution in [0.5, 0.6) is 5.88 Å². The van der Waals surface area contributed by atoms with Gasteiger partial charge in [-0.2, -0.15) is 0 Å². The van der Waals surface area contributed by atoms with Gasteiger partial charge in [0.2, 0.25) is 5.88 Å². The Morgan fingerprint density at radius 2 is 1.88 bits per heavy atom. The van der Waals surface area contributed by atoms with Gasteiger partial charge in [0.15, 0.2) is 0 Å². The first-order valence-electron chi connectivity index (χ1n) is 11.2. The number of amidine groups is 1. The maximum atomic E-state index is 13.1. The van der Waals surface area contributed by atoms with Gasteiger partial charge in [0.25, 0.3) is 11.5 Å². The zero-order valence-corrected chi connectivity index (χ0v) is 18.9. The number of rotatable bonds is 8. The number of unbranched alkanes of at least 4 members (excludes halogenated alkanes) is 1. The number of amides is 3. The molecule has 12 nitrogen and oxygen atoms in total. The first-order valence-corrected chi connectivity index (χ1v) is 11.2. The van der Waals surface area contributed by atoms with Gasteiger partial charge < -0.3 is 21.3 Å². The molecule has 0 bridgehead atoms. The van der Waals surface area contributed by atoms with Gasteiger partial charge in [-0.1, -0.05) is 13.3 Å². The average molecular weight is 465 g/mol. The van der Waals surface area contributed by atoms with Crippen molar-refractivity contribution in [3.8, 4) is 5.88 Å². The number of imide groups is 1. The van der Waals surface area contributed by atoms with Gasteiger partial charge in [0.05, 0.1) is 0 Å². The lowest BCUT2D eigenvalue weighted by molar-refractivity contribution is -0.125. The molecule has 1 aliphatic carbocycles. The van der Waals surface area contributed by atoms with Gasteiger partial charge in [0.1, 0.15) is 16.9 Å². The van der Waals surface area contributed by atoms with Gasteiger partial charge in [-0.3, -0.25) is 29.4 Å². The Labute approximate surface area is 190 Å². The molecule has 1 saturated heterocycles. The summed E-state index contributed by atoms with van der Waals surface area (Å²) in [6, 6.07) is -1.10. The molecule has 2 heterocycles. The third-order valence-corrected chi connectivity index (χ3v) is 6.92. The highest BCUT2D eigenvalue weighted by Crippen LogP contribution is 2.45. The molecule has 1 atom stereocenters. The van der Waals surface area contributed by atoms with Crippen molar-refractivity contribution in [2.45, 2.75) is 76.9 Å². The van der Waals surface area contributed by atoms with Crippen molar-refractivity contribution < 1.29 is 19.8 Å². The first-order chi connectivity index (χ1) is 15.5. The summed E-state index contributed by atoms with van der Waals surface area (Å²) in [5.74, 6) is -1.67. The molecule has 33 heavy (non-hydrogen) atoms. The smallest absolute Gasteiger partial charge is 0.334 e. The summed E-state index contributed by atoms with van der Waals surface area (Å²) >= 11 is 0. The summed E-state index contributed by atoms with van der Waals surface area (Å²) in [6.45, 7) is 3.49. The Kier molecular flexibility index (Phi) is 6.68. The van der Waals surface area contributed by atoms with Crippen molar-refractivity contribution >= 4 is 17.8 Å². The monoisotopic (exact) mass is 464 g/mol. The molecule has 1 aromatic heterocycles. The first kappa shape index (κ1) is 24.5. The molecular weight excluding hydrogens is 432 g/mol. The second-order valence-corrected chi connectivity index (χ2v) is 9.38. The van der Waals surface area contributed by atoms with Crippen molar-refractivity contribution in [2.75, 3.05) is 6.61 Å². The van der Waals surface area contributed by atoms with Gasteiger partial charge in [-0.05, 0) is 50.9 Å². The van der Waals surface area contributed by atoms with E-state index in [9.17, 15) is 29.4 Å². The Morgan fingerprint density at radius 1 is 1.24 bits per heavy atom. The van der Waals surface area contributed by atoms with Crippen LogP contribution in [0, 0.1) is 10.8 Å². The normalized spacial score (nSPS) is 27.3. The van der Waals surface area contributed by atoms with E-state index in [2.05, 4.69) is 10.6 Å². The number of nitrogen functional groups attached to an aromatic ring is 1. The maximum Gasteiger partial charge on any atom is 0.334 e. The predicted molar refractivity (Wildman–Crippen MR) is 119 cm³/mol. The summed E-state index contributed by atoms with van der Waals surface area (Å²) in [5.41, 5.74) is 1.84. The third kappa shape index (κ3) is 4.39. The highest BCUT2D eigenvalue weighted by atomic mass is 16.3. The summed E-state index contributed by atoms with van der Waals surface area (Å²) < 4.78 is 2.13. The van der Waals surface area contributed by atoms with Gasteiger partial charge in [0, 0.05) is 19.2 Å². The van der Waals surface area contributed by atoms with Gasteiger partial charge in [-0.15, -0.1) is 0 Å². The summed E-state index contributed by atoms with van der Waals surface area (Å²) in [4.78, 5) is 50.0. The van der Waals surface area contributed by atoms with Crippen LogP contribution >= 0.6 is 0 Å². The fraction of sp³-hybridized carbons (Fsp3) is 0.667. The molecule has 1 aliphatic heterocycles. The lowest BCUT2D eigenvalue weighted by Gasteiger charge is -2.42. The number of carbonyl (C=O) groups excluding carboxylic acids is 2. The van der Waals surface area contributed by atoms with Crippen molar-refractivity contribution in [2.24, 2.45) is 11.1 Å². The van der Waals surface area contributed by atoms with E-state index in [1.165, 1.54) is 0 Å². The van der Waals surface area contributed by atoms with Crippen molar-refractivity contribution in [3.63, 3.8) is 0 Å². The van der Waals surface area contributed by atoms with E-state index in [1.54, 1.807) is 6.92 Å². The average Bonchev–Trinajstić information content (AvgIpc) is 2.99. The second kappa shape index (κ2) is 9.00. The molecule has 2 fully saturated rings. The number of nitrogens with zero attached hydrogens (tertiary/aromatic N) is 2. The van der Waals surface area contributed by atoms with Crippen molar-refractivity contribution in [1.29, 1.82) is 5.41 Å². The number of nitrogens with two attached hydrogens (primary N) is 1. The van der Waals surface area contributed by atoms with Crippen LogP contribution in [0.2, 0.25) is 0 Å². The van der Waals surface area contributed by atoms with Crippen LogP contribution in [-0.4, -0.2) is 49.3 Å². The Morgan fingerprint density at radius 3 is 2.36 bits per heavy atom. The van der Waals surface area contributed by atoms with Crippen LogP contribution in [-0.2, 0) is 11.3 Å². The molecule has 7 N–H and O–H groups in total. The number of hydrogen-bond acceptors (Lipinski definition) is 7. The number of hydrogen-bond donors (Lipinski definition) is 6. The van der Waals surface area contributed by atoms with E-state index in [-0.39, 0.29) is 19.6 Å². The number of aromatic nitrogens is 2. The van der Waals surface area contributed by atoms with E-state index >= 15 is 0 Å². The van der Waals surface area contributed by atoms with Gasteiger partial charge in [-0.25, -0.2) is 9.59 Å². The minimum Gasteiger partial charge on any atom is -0.494 e. The number of aliphatic hydroxyl groups is 1. The van der Waals surface area contributed by atoms with Crippen LogP contribution in [0.25, 0.3) is 0 Å². The van der Waals surface area contributed by atoms with Crippen LogP contribution < -0.4 is 27.6 Å². The summed E-state index contributed by atoms with van der Waals surface area (Å²) in [6.07, 6.45) is 3.09. The van der Waals surface area contributed by atoms with Crippen LogP contribution in [0.4, 0.5) is 4.79 Å². The largest absolute Gasteiger partial charge is 0.494 e. The minimum absolute atomic E-state index is 0.183. The van der Waals surface area contributed by atoms with Crippen LogP contribution in [0.15, 0.2) is 9.59 Å². The quantitative estimate of drug-likeness (QED) is 0.175. The molecule has 0 radical (unpaired) electrons. The SMILES string of the molecule is CCCCn1c(O)c(C(=N)N)c(=O)n(C2CCC(CO)(C[C@]3(C)NC(=O)NC3=O)CC2)c1=O. The highest BCUT2D eigenvalue weighted by Gasteiger charge is 2.49. The molecule has 182 valence electrons. The standard InChI is InChI=1S/C21H32N6O6/c1-3-4-9-26-15(29)13(14(22)23)16(30)27(19(26)33)12-5-7-21(11-28,8-6-12)10-20(2)17(31)24-18(32)25-20/h12,28-29H,3-11H2,1-2H3,(H3,22,23)(H2,24,25,31,32)/t12?,20-,21?/m0/s1. The lowest BCUT2D eigenvalue weighted by atomic mass is 9.66. The molecule has 0 aromatic carbocycles. The van der Waals surface area contributed by atoms with E-state index in [1.807, 2.05) is 6.92 Å². The molecule has 0 spiro atoms. The predicted octanol–water partition coefficient (Wildman–Crippen LogP) is -0.118. The fourth-order valence-corrected chi connectivity index (χ4v) is 5.05. The third-order valence-electron chi connectivity index (χ3n) is 6.92. The Bertz CT molecular complexity index is 1080. The van der Waals surface area contributed by atoms with E-state index < -0.39 is 57.5 Å². The molecule has 1 aromatic rings. The van der Waals surface area contributed by atoms with Gasteiger partial charge >= 0.3 is 11.7 Å².